The highest BCUT2D eigenvalue weighted by molar-refractivity contribution is 9.10. The second kappa shape index (κ2) is 6.36. The van der Waals surface area contributed by atoms with Crippen LogP contribution in [0.3, 0.4) is 0 Å². The topological polar surface area (TPSA) is 66.4 Å². The van der Waals surface area contributed by atoms with Crippen molar-refractivity contribution in [1.82, 2.24) is 4.72 Å². The van der Waals surface area contributed by atoms with Crippen molar-refractivity contribution in [1.29, 1.82) is 0 Å². The lowest BCUT2D eigenvalue weighted by Gasteiger charge is -2.35. The Balaban J connectivity index is 2.13. The van der Waals surface area contributed by atoms with E-state index in [9.17, 15) is 13.5 Å². The zero-order chi connectivity index (χ0) is 15.7. The zero-order valence-corrected chi connectivity index (χ0v) is 14.8. The third-order valence-corrected chi connectivity index (χ3v) is 6.13. The Kier molecular flexibility index (Phi) is 5.13. The first-order valence-corrected chi connectivity index (χ1v) is 9.48. The Morgan fingerprint density at radius 3 is 2.86 bits per heavy atom. The molecular weight excluding hydrogens is 354 g/mol. The number of rotatable bonds is 4. The van der Waals surface area contributed by atoms with Crippen LogP contribution in [0.1, 0.15) is 38.2 Å². The second-order valence-electron chi connectivity index (χ2n) is 6.16. The van der Waals surface area contributed by atoms with Crippen molar-refractivity contribution in [2.24, 2.45) is 5.92 Å². The molecule has 0 spiro atoms. The number of benzene rings is 1. The van der Waals surface area contributed by atoms with Crippen LogP contribution in [0.2, 0.25) is 0 Å². The molecule has 0 saturated heterocycles. The van der Waals surface area contributed by atoms with Gasteiger partial charge in [0.1, 0.15) is 0 Å². The van der Waals surface area contributed by atoms with Crippen molar-refractivity contribution in [2.75, 3.05) is 6.54 Å². The van der Waals surface area contributed by atoms with E-state index in [0.29, 0.717) is 24.3 Å². The molecule has 4 nitrogen and oxygen atoms in total. The minimum absolute atomic E-state index is 0.0750. The lowest BCUT2D eigenvalue weighted by Crippen LogP contribution is -2.45. The molecular formula is C15H22BrNO3S. The van der Waals surface area contributed by atoms with E-state index in [0.717, 1.165) is 17.3 Å². The highest BCUT2D eigenvalue weighted by Crippen LogP contribution is 2.32. The van der Waals surface area contributed by atoms with Crippen LogP contribution in [-0.2, 0) is 10.0 Å². The van der Waals surface area contributed by atoms with E-state index in [1.807, 2.05) is 6.07 Å². The Labute approximate surface area is 135 Å². The molecule has 2 atom stereocenters. The van der Waals surface area contributed by atoms with Crippen LogP contribution in [0.25, 0.3) is 0 Å². The number of aryl methyl sites for hydroxylation is 1. The van der Waals surface area contributed by atoms with E-state index in [-0.39, 0.29) is 11.4 Å². The van der Waals surface area contributed by atoms with Crippen molar-refractivity contribution in [3.63, 3.8) is 0 Å². The average Bonchev–Trinajstić information content (AvgIpc) is 2.39. The third-order valence-electron chi connectivity index (χ3n) is 4.10. The Hall–Kier alpha value is -0.430. The van der Waals surface area contributed by atoms with Crippen LogP contribution in [0.4, 0.5) is 0 Å². The SMILES string of the molecule is Cc1ccc(Br)cc1S(=O)(=O)NCC1(O)CCCC(C)C1. The number of sulfonamides is 1. The smallest absolute Gasteiger partial charge is 0.240 e. The summed E-state index contributed by atoms with van der Waals surface area (Å²) in [6.07, 6.45) is 3.33. The van der Waals surface area contributed by atoms with E-state index >= 15 is 0 Å². The van der Waals surface area contributed by atoms with Gasteiger partial charge in [-0.2, -0.15) is 0 Å². The summed E-state index contributed by atoms with van der Waals surface area (Å²) in [4.78, 5) is 0.254. The van der Waals surface area contributed by atoms with Crippen molar-refractivity contribution in [3.05, 3.63) is 28.2 Å². The minimum Gasteiger partial charge on any atom is -0.389 e. The van der Waals surface area contributed by atoms with Crippen LogP contribution in [-0.4, -0.2) is 25.7 Å². The summed E-state index contributed by atoms with van der Waals surface area (Å²) in [6, 6.07) is 5.16. The molecule has 1 fully saturated rings. The monoisotopic (exact) mass is 375 g/mol. The number of aliphatic hydroxyl groups is 1. The van der Waals surface area contributed by atoms with Crippen molar-refractivity contribution < 1.29 is 13.5 Å². The number of hydrogen-bond acceptors (Lipinski definition) is 3. The van der Waals surface area contributed by atoms with Crippen LogP contribution in [0, 0.1) is 12.8 Å². The highest BCUT2D eigenvalue weighted by Gasteiger charge is 2.34. The van der Waals surface area contributed by atoms with Gasteiger partial charge in [0.15, 0.2) is 0 Å². The quantitative estimate of drug-likeness (QED) is 0.849. The molecule has 0 aliphatic heterocycles. The molecule has 0 amide bonds. The summed E-state index contributed by atoms with van der Waals surface area (Å²) >= 11 is 3.29. The molecule has 2 unspecified atom stereocenters. The predicted octanol–water partition coefficient (Wildman–Crippen LogP) is 2.98. The normalized spacial score (nSPS) is 26.8. The average molecular weight is 376 g/mol. The van der Waals surface area contributed by atoms with Crippen LogP contribution in [0.5, 0.6) is 0 Å². The molecule has 2 N–H and O–H groups in total. The summed E-state index contributed by atoms with van der Waals surface area (Å²) in [7, 11) is -3.61. The molecule has 0 radical (unpaired) electrons. The van der Waals surface area contributed by atoms with Crippen LogP contribution >= 0.6 is 15.9 Å². The molecule has 1 aromatic rings. The summed E-state index contributed by atoms with van der Waals surface area (Å²) < 4.78 is 28.2. The maximum Gasteiger partial charge on any atom is 0.240 e. The van der Waals surface area contributed by atoms with Gasteiger partial charge in [0.05, 0.1) is 10.5 Å². The second-order valence-corrected chi connectivity index (χ2v) is 8.81. The van der Waals surface area contributed by atoms with Crippen molar-refractivity contribution in [3.8, 4) is 0 Å². The lowest BCUT2D eigenvalue weighted by atomic mass is 9.79. The zero-order valence-electron chi connectivity index (χ0n) is 12.4. The van der Waals surface area contributed by atoms with E-state index in [1.54, 1.807) is 19.1 Å². The molecule has 0 heterocycles. The van der Waals surface area contributed by atoms with Gasteiger partial charge < -0.3 is 5.11 Å². The number of nitrogens with one attached hydrogen (secondary N) is 1. The summed E-state index contributed by atoms with van der Waals surface area (Å²) in [5.41, 5.74) is -0.236. The summed E-state index contributed by atoms with van der Waals surface area (Å²) in [5, 5.41) is 10.5. The van der Waals surface area contributed by atoms with E-state index in [1.165, 1.54) is 0 Å². The first-order chi connectivity index (χ1) is 9.72. The van der Waals surface area contributed by atoms with Gasteiger partial charge in [-0.1, -0.05) is 41.8 Å². The Morgan fingerprint density at radius 2 is 2.19 bits per heavy atom. The maximum atomic E-state index is 12.4. The molecule has 1 aromatic carbocycles. The Bertz CT molecular complexity index is 617. The third kappa shape index (κ3) is 4.28. The first kappa shape index (κ1) is 16.9. The van der Waals surface area contributed by atoms with Gasteiger partial charge in [-0.3, -0.25) is 0 Å². The fraction of sp³-hybridized carbons (Fsp3) is 0.600. The van der Waals surface area contributed by atoms with Gasteiger partial charge in [0.25, 0.3) is 0 Å². The summed E-state index contributed by atoms with van der Waals surface area (Å²) in [5.74, 6) is 0.431. The molecule has 0 bridgehead atoms. The van der Waals surface area contributed by atoms with Gasteiger partial charge in [-0.05, 0) is 43.4 Å². The van der Waals surface area contributed by atoms with Crippen molar-refractivity contribution >= 4 is 26.0 Å². The van der Waals surface area contributed by atoms with Crippen LogP contribution in [0.15, 0.2) is 27.6 Å². The number of halogens is 1. The van der Waals surface area contributed by atoms with Crippen LogP contribution < -0.4 is 4.72 Å². The molecule has 0 aromatic heterocycles. The molecule has 1 aliphatic carbocycles. The van der Waals surface area contributed by atoms with Gasteiger partial charge >= 0.3 is 0 Å². The molecule has 6 heteroatoms. The predicted molar refractivity (Wildman–Crippen MR) is 86.6 cm³/mol. The molecule has 118 valence electrons. The largest absolute Gasteiger partial charge is 0.389 e. The standard InChI is InChI=1S/C15H22BrNO3S/c1-11-4-3-7-15(18,9-11)10-17-21(19,20)14-8-13(16)6-5-12(14)2/h5-6,8,11,17-18H,3-4,7,9-10H2,1-2H3. The molecule has 2 rings (SSSR count). The Morgan fingerprint density at radius 1 is 1.48 bits per heavy atom. The molecule has 21 heavy (non-hydrogen) atoms. The minimum atomic E-state index is -3.61. The van der Waals surface area contributed by atoms with Gasteiger partial charge in [-0.15, -0.1) is 0 Å². The van der Waals surface area contributed by atoms with Gasteiger partial charge in [-0.25, -0.2) is 13.1 Å². The number of hydrogen-bond donors (Lipinski definition) is 2. The first-order valence-electron chi connectivity index (χ1n) is 7.20. The maximum absolute atomic E-state index is 12.4. The molecule has 1 aliphatic rings. The van der Waals surface area contributed by atoms with E-state index in [2.05, 4.69) is 27.6 Å². The fourth-order valence-corrected chi connectivity index (χ4v) is 4.86. The van der Waals surface area contributed by atoms with Crippen molar-refractivity contribution in [2.45, 2.75) is 50.0 Å². The van der Waals surface area contributed by atoms with Gasteiger partial charge in [0, 0.05) is 11.0 Å². The van der Waals surface area contributed by atoms with E-state index in [4.69, 9.17) is 0 Å². The highest BCUT2D eigenvalue weighted by atomic mass is 79.9. The lowest BCUT2D eigenvalue weighted by molar-refractivity contribution is -0.00751. The fourth-order valence-electron chi connectivity index (χ4n) is 2.96. The molecule has 1 saturated carbocycles. The summed E-state index contributed by atoms with van der Waals surface area (Å²) in [6.45, 7) is 3.93. The van der Waals surface area contributed by atoms with E-state index < -0.39 is 15.6 Å². The van der Waals surface area contributed by atoms with Gasteiger partial charge in [0.2, 0.25) is 10.0 Å².